The van der Waals surface area contributed by atoms with E-state index in [0.717, 1.165) is 29.2 Å². The fourth-order valence-corrected chi connectivity index (χ4v) is 3.64. The molecule has 0 saturated carbocycles. The van der Waals surface area contributed by atoms with Crippen LogP contribution in [0.5, 0.6) is 0 Å². The molecule has 8 heteroatoms. The molecule has 0 radical (unpaired) electrons. The van der Waals surface area contributed by atoms with Crippen LogP contribution >= 0.6 is 0 Å². The number of benzene rings is 2. The van der Waals surface area contributed by atoms with Crippen LogP contribution in [-0.2, 0) is 20.7 Å². The fraction of sp³-hybridized carbons (Fsp3) is 0.318. The summed E-state index contributed by atoms with van der Waals surface area (Å²) in [5, 5.41) is 5.41. The number of nitrogens with zero attached hydrogens (tertiary/aromatic N) is 2. The van der Waals surface area contributed by atoms with Gasteiger partial charge in [-0.3, -0.25) is 14.5 Å². The summed E-state index contributed by atoms with van der Waals surface area (Å²) in [6, 6.07) is 15.7. The normalized spacial score (nSPS) is 19.0. The minimum Gasteiger partial charge on any atom is -0.378 e. The van der Waals surface area contributed by atoms with Crippen molar-refractivity contribution in [3.8, 4) is 0 Å². The Hall–Kier alpha value is -3.39. The molecule has 2 fully saturated rings. The Bertz CT molecular complexity index is 910. The Morgan fingerprint density at radius 2 is 1.73 bits per heavy atom. The zero-order valence-corrected chi connectivity index (χ0v) is 16.5. The second-order valence-electron chi connectivity index (χ2n) is 7.31. The molecule has 2 aliphatic rings. The first-order valence-corrected chi connectivity index (χ1v) is 9.98. The number of hydrogen-bond acceptors (Lipinski definition) is 5. The lowest BCUT2D eigenvalue weighted by Gasteiger charge is -2.28. The van der Waals surface area contributed by atoms with E-state index in [1.807, 2.05) is 54.6 Å². The Morgan fingerprint density at radius 3 is 2.43 bits per heavy atom. The van der Waals surface area contributed by atoms with Crippen molar-refractivity contribution in [2.24, 2.45) is 0 Å². The van der Waals surface area contributed by atoms with Gasteiger partial charge in [-0.2, -0.15) is 0 Å². The molecule has 30 heavy (non-hydrogen) atoms. The molecule has 2 aliphatic heterocycles. The summed E-state index contributed by atoms with van der Waals surface area (Å²) in [7, 11) is 0. The van der Waals surface area contributed by atoms with Crippen molar-refractivity contribution in [1.82, 2.24) is 10.2 Å². The Kier molecular flexibility index (Phi) is 5.94. The highest BCUT2D eigenvalue weighted by molar-refractivity contribution is 6.08. The molecule has 0 aromatic heterocycles. The van der Waals surface area contributed by atoms with E-state index < -0.39 is 18.0 Å². The summed E-state index contributed by atoms with van der Waals surface area (Å²) in [6.45, 7) is 2.76. The molecule has 2 N–H and O–H groups in total. The van der Waals surface area contributed by atoms with E-state index in [1.54, 1.807) is 0 Å². The lowest BCUT2D eigenvalue weighted by Crippen LogP contribution is -2.38. The number of morpholine rings is 1. The van der Waals surface area contributed by atoms with Crippen molar-refractivity contribution in [1.29, 1.82) is 0 Å². The van der Waals surface area contributed by atoms with Gasteiger partial charge in [0.25, 0.3) is 5.91 Å². The molecule has 8 nitrogen and oxygen atoms in total. The third kappa shape index (κ3) is 4.60. The second kappa shape index (κ2) is 8.96. The topological polar surface area (TPSA) is 91.0 Å². The minimum atomic E-state index is -0.652. The Labute approximate surface area is 174 Å². The first kappa shape index (κ1) is 19.9. The number of nitrogens with one attached hydrogen (secondary N) is 2. The molecule has 2 heterocycles. The van der Waals surface area contributed by atoms with Gasteiger partial charge in [0.15, 0.2) is 0 Å². The highest BCUT2D eigenvalue weighted by Gasteiger charge is 2.38. The molecule has 156 valence electrons. The summed E-state index contributed by atoms with van der Waals surface area (Å²) in [5.41, 5.74) is 2.63. The van der Waals surface area contributed by atoms with Crippen LogP contribution in [0.4, 0.5) is 16.2 Å². The monoisotopic (exact) mass is 408 g/mol. The number of anilines is 2. The van der Waals surface area contributed by atoms with E-state index in [0.29, 0.717) is 25.3 Å². The first-order valence-electron chi connectivity index (χ1n) is 9.98. The van der Waals surface area contributed by atoms with Gasteiger partial charge in [0.05, 0.1) is 13.2 Å². The fourth-order valence-electron chi connectivity index (χ4n) is 3.64. The van der Waals surface area contributed by atoms with Crippen molar-refractivity contribution in [2.45, 2.75) is 12.5 Å². The number of carbonyl (C=O) groups is 3. The van der Waals surface area contributed by atoms with E-state index in [-0.39, 0.29) is 12.5 Å². The molecule has 2 saturated heterocycles. The van der Waals surface area contributed by atoms with E-state index >= 15 is 0 Å². The summed E-state index contributed by atoms with van der Waals surface area (Å²) < 4.78 is 5.36. The SMILES string of the molecule is O=C(CN1C(=O)N[C@@H](Cc2ccccc2)C1=O)Nc1ccc(N2CCOCC2)cc1. The van der Waals surface area contributed by atoms with Crippen LogP contribution in [0.2, 0.25) is 0 Å². The molecule has 2 aromatic rings. The number of urea groups is 1. The van der Waals surface area contributed by atoms with Gasteiger partial charge in [-0.1, -0.05) is 30.3 Å². The number of rotatable bonds is 6. The summed E-state index contributed by atoms with van der Waals surface area (Å²) in [5.74, 6) is -0.806. The molecular weight excluding hydrogens is 384 g/mol. The molecule has 4 amide bonds. The maximum atomic E-state index is 12.6. The first-order chi connectivity index (χ1) is 14.6. The average Bonchev–Trinajstić information content (AvgIpc) is 3.03. The molecule has 4 rings (SSSR count). The number of amides is 4. The van der Waals surface area contributed by atoms with Crippen molar-refractivity contribution in [3.05, 3.63) is 60.2 Å². The zero-order valence-electron chi connectivity index (χ0n) is 16.5. The number of ether oxygens (including phenoxy) is 1. The van der Waals surface area contributed by atoms with E-state index in [2.05, 4.69) is 15.5 Å². The minimum absolute atomic E-state index is 0.318. The van der Waals surface area contributed by atoms with Gasteiger partial charge in [-0.25, -0.2) is 4.79 Å². The molecule has 0 aliphatic carbocycles. The summed E-state index contributed by atoms with van der Waals surface area (Å²) in [6.07, 6.45) is 0.395. The highest BCUT2D eigenvalue weighted by Crippen LogP contribution is 2.19. The lowest BCUT2D eigenvalue weighted by atomic mass is 10.1. The quantitative estimate of drug-likeness (QED) is 0.709. The predicted molar refractivity (Wildman–Crippen MR) is 112 cm³/mol. The van der Waals surface area contributed by atoms with Gasteiger partial charge in [0.1, 0.15) is 12.6 Å². The van der Waals surface area contributed by atoms with Crippen LogP contribution in [-0.4, -0.2) is 61.6 Å². The van der Waals surface area contributed by atoms with Gasteiger partial charge in [0, 0.05) is 30.9 Å². The number of imide groups is 1. The van der Waals surface area contributed by atoms with Gasteiger partial charge in [-0.15, -0.1) is 0 Å². The molecule has 1 atom stereocenters. The van der Waals surface area contributed by atoms with Crippen molar-refractivity contribution in [2.75, 3.05) is 43.1 Å². The molecule has 0 spiro atoms. The number of carbonyl (C=O) groups excluding carboxylic acids is 3. The third-order valence-electron chi connectivity index (χ3n) is 5.22. The van der Waals surface area contributed by atoms with Crippen LogP contribution < -0.4 is 15.5 Å². The molecule has 0 unspecified atom stereocenters. The van der Waals surface area contributed by atoms with E-state index in [9.17, 15) is 14.4 Å². The lowest BCUT2D eigenvalue weighted by molar-refractivity contribution is -0.130. The zero-order chi connectivity index (χ0) is 20.9. The second-order valence-corrected chi connectivity index (χ2v) is 7.31. The van der Waals surface area contributed by atoms with Crippen LogP contribution in [0.25, 0.3) is 0 Å². The summed E-state index contributed by atoms with van der Waals surface area (Å²) >= 11 is 0. The standard InChI is InChI=1S/C22H24N4O4/c27-20(23-17-6-8-18(9-7-17)25-10-12-30-13-11-25)15-26-21(28)19(24-22(26)29)14-16-4-2-1-3-5-16/h1-9,19H,10-15H2,(H,23,27)(H,24,29)/t19-/m0/s1. The van der Waals surface area contributed by atoms with Crippen LogP contribution in [0, 0.1) is 0 Å². The summed E-state index contributed by atoms with van der Waals surface area (Å²) in [4.78, 5) is 40.3. The van der Waals surface area contributed by atoms with Crippen LogP contribution in [0.1, 0.15) is 5.56 Å². The smallest absolute Gasteiger partial charge is 0.325 e. The van der Waals surface area contributed by atoms with Gasteiger partial charge >= 0.3 is 6.03 Å². The number of hydrogen-bond donors (Lipinski definition) is 2. The maximum Gasteiger partial charge on any atom is 0.325 e. The van der Waals surface area contributed by atoms with Crippen LogP contribution in [0.15, 0.2) is 54.6 Å². The van der Waals surface area contributed by atoms with Crippen molar-refractivity contribution < 1.29 is 19.1 Å². The van der Waals surface area contributed by atoms with Gasteiger partial charge in [-0.05, 0) is 29.8 Å². The predicted octanol–water partition coefficient (Wildman–Crippen LogP) is 1.62. The van der Waals surface area contributed by atoms with E-state index in [1.165, 1.54) is 0 Å². The molecular formula is C22H24N4O4. The molecule has 0 bridgehead atoms. The Balaban J connectivity index is 1.32. The molecule has 2 aromatic carbocycles. The van der Waals surface area contributed by atoms with Gasteiger partial charge < -0.3 is 20.3 Å². The largest absolute Gasteiger partial charge is 0.378 e. The average molecular weight is 408 g/mol. The van der Waals surface area contributed by atoms with Gasteiger partial charge in [0.2, 0.25) is 5.91 Å². The van der Waals surface area contributed by atoms with Crippen LogP contribution in [0.3, 0.4) is 0 Å². The van der Waals surface area contributed by atoms with E-state index in [4.69, 9.17) is 4.74 Å². The van der Waals surface area contributed by atoms with Crippen molar-refractivity contribution >= 4 is 29.2 Å². The Morgan fingerprint density at radius 1 is 1.03 bits per heavy atom. The van der Waals surface area contributed by atoms with Crippen molar-refractivity contribution in [3.63, 3.8) is 0 Å². The maximum absolute atomic E-state index is 12.6. The highest BCUT2D eigenvalue weighted by atomic mass is 16.5. The third-order valence-corrected chi connectivity index (χ3v) is 5.22.